The van der Waals surface area contributed by atoms with Gasteiger partial charge in [-0.2, -0.15) is 5.26 Å². The fraction of sp³-hybridized carbons (Fsp3) is 0.118. The molecule has 0 amide bonds. The Bertz CT molecular complexity index is 1980. The number of benzene rings is 4. The van der Waals surface area contributed by atoms with Crippen LogP contribution >= 0.6 is 0 Å². The Labute approximate surface area is 235 Å². The zero-order valence-electron chi connectivity index (χ0n) is 23.3. The van der Waals surface area contributed by atoms with Crippen LogP contribution in [0, 0.1) is 17.1 Å². The number of halogens is 1. The second-order valence-corrected chi connectivity index (χ2v) is 11.3. The van der Waals surface area contributed by atoms with Crippen LogP contribution in [0.3, 0.4) is 0 Å². The summed E-state index contributed by atoms with van der Waals surface area (Å²) >= 11 is 0. The van der Waals surface area contributed by atoms with Crippen molar-refractivity contribution in [2.24, 2.45) is 0 Å². The molecule has 0 saturated heterocycles. The molecule has 0 aliphatic rings. The molecule has 2 heterocycles. The standard InChI is InChI=1S/C34H27B2FN2O/c1-34(2,3)27-29(37)28(35)30(39-33(27)36)25-14-8-13-23-24-16-15-22(18-38)26(32(24)40-31(23)25)21-12-7-11-20(17-21)19-9-5-4-6-10-19/h4-17H,35-36H2,1-3H3. The minimum Gasteiger partial charge on any atom is -0.455 e. The number of fused-ring (bicyclic) bond motifs is 3. The first-order chi connectivity index (χ1) is 19.2. The van der Waals surface area contributed by atoms with E-state index in [0.29, 0.717) is 39.0 Å². The monoisotopic (exact) mass is 520 g/mol. The van der Waals surface area contributed by atoms with Crippen molar-refractivity contribution in [2.75, 3.05) is 0 Å². The lowest BCUT2D eigenvalue weighted by molar-refractivity contribution is 0.529. The molecule has 192 valence electrons. The van der Waals surface area contributed by atoms with Crippen LogP contribution < -0.4 is 11.1 Å². The Morgan fingerprint density at radius 3 is 2.20 bits per heavy atom. The molecule has 0 aliphatic carbocycles. The van der Waals surface area contributed by atoms with E-state index in [1.807, 2.05) is 89.3 Å². The molecule has 6 rings (SSSR count). The molecule has 40 heavy (non-hydrogen) atoms. The number of pyridine rings is 1. The van der Waals surface area contributed by atoms with E-state index in [4.69, 9.17) is 9.40 Å². The van der Waals surface area contributed by atoms with Crippen molar-refractivity contribution in [3.8, 4) is 39.6 Å². The quantitative estimate of drug-likeness (QED) is 0.277. The minimum atomic E-state index is -0.368. The van der Waals surface area contributed by atoms with Gasteiger partial charge in [-0.15, -0.1) is 0 Å². The van der Waals surface area contributed by atoms with Crippen molar-refractivity contribution in [3.63, 3.8) is 0 Å². The zero-order valence-corrected chi connectivity index (χ0v) is 23.3. The molecule has 0 bridgehead atoms. The number of nitrogens with zero attached hydrogens (tertiary/aromatic N) is 2. The van der Waals surface area contributed by atoms with E-state index in [1.165, 1.54) is 0 Å². The Morgan fingerprint density at radius 1 is 0.800 bits per heavy atom. The third-order valence-electron chi connectivity index (χ3n) is 7.60. The van der Waals surface area contributed by atoms with Crippen LogP contribution in [0.2, 0.25) is 0 Å². The average Bonchev–Trinajstić information content (AvgIpc) is 3.33. The van der Waals surface area contributed by atoms with E-state index >= 15 is 4.39 Å². The Morgan fingerprint density at radius 2 is 1.48 bits per heavy atom. The Hall–Kier alpha value is -4.62. The van der Waals surface area contributed by atoms with Crippen molar-refractivity contribution in [1.82, 2.24) is 4.98 Å². The molecule has 0 aliphatic heterocycles. The highest BCUT2D eigenvalue weighted by Crippen LogP contribution is 2.41. The van der Waals surface area contributed by atoms with E-state index in [1.54, 1.807) is 7.85 Å². The van der Waals surface area contributed by atoms with Gasteiger partial charge in [-0.1, -0.05) is 81.4 Å². The second-order valence-electron chi connectivity index (χ2n) is 11.3. The molecule has 0 fully saturated rings. The molecule has 3 nitrogen and oxygen atoms in total. The number of nitriles is 1. The fourth-order valence-corrected chi connectivity index (χ4v) is 5.80. The summed E-state index contributed by atoms with van der Waals surface area (Å²) in [5, 5.41) is 11.9. The molecular formula is C34H27B2FN2O. The topological polar surface area (TPSA) is 49.8 Å². The van der Waals surface area contributed by atoms with Gasteiger partial charge in [0.1, 0.15) is 24.8 Å². The van der Waals surface area contributed by atoms with Crippen LogP contribution in [0.4, 0.5) is 4.39 Å². The minimum absolute atomic E-state index is 0.228. The van der Waals surface area contributed by atoms with Crippen LogP contribution in [-0.2, 0) is 5.41 Å². The smallest absolute Gasteiger partial charge is 0.164 e. The molecule has 2 aromatic heterocycles. The molecule has 0 saturated carbocycles. The Kier molecular flexibility index (Phi) is 6.11. The summed E-state index contributed by atoms with van der Waals surface area (Å²) in [5.41, 5.74) is 8.32. The zero-order chi connectivity index (χ0) is 28.2. The first kappa shape index (κ1) is 25.6. The lowest BCUT2D eigenvalue weighted by atomic mass is 9.76. The second kappa shape index (κ2) is 9.54. The average molecular weight is 520 g/mol. The Balaban J connectivity index is 1.62. The van der Waals surface area contributed by atoms with Crippen molar-refractivity contribution in [3.05, 3.63) is 102 Å². The number of hydrogen-bond acceptors (Lipinski definition) is 3. The predicted octanol–water partition coefficient (Wildman–Crippen LogP) is 5.81. The van der Waals surface area contributed by atoms with E-state index in [0.717, 1.165) is 38.6 Å². The lowest BCUT2D eigenvalue weighted by Gasteiger charge is -2.24. The predicted molar refractivity (Wildman–Crippen MR) is 168 cm³/mol. The summed E-state index contributed by atoms with van der Waals surface area (Å²) in [6.45, 7) is 6.00. The van der Waals surface area contributed by atoms with Crippen molar-refractivity contribution in [2.45, 2.75) is 26.2 Å². The summed E-state index contributed by atoms with van der Waals surface area (Å²) < 4.78 is 22.4. The first-order valence-corrected chi connectivity index (χ1v) is 13.4. The highest BCUT2D eigenvalue weighted by atomic mass is 19.1. The van der Waals surface area contributed by atoms with Gasteiger partial charge < -0.3 is 4.42 Å². The SMILES string of the molecule is Bc1nc(-c2cccc3c2oc2c(-c4cccc(-c5ccccc5)c4)c(C#N)ccc23)c(B)c(F)c1C(C)(C)C. The van der Waals surface area contributed by atoms with Gasteiger partial charge in [0.2, 0.25) is 0 Å². The van der Waals surface area contributed by atoms with E-state index in [2.05, 4.69) is 30.3 Å². The summed E-state index contributed by atoms with van der Waals surface area (Å²) in [4.78, 5) is 4.90. The fourth-order valence-electron chi connectivity index (χ4n) is 5.80. The summed E-state index contributed by atoms with van der Waals surface area (Å²) in [6, 6.07) is 30.3. The van der Waals surface area contributed by atoms with Crippen molar-refractivity contribution < 1.29 is 8.81 Å². The maximum Gasteiger partial charge on any atom is 0.164 e. The maximum atomic E-state index is 15.8. The number of hydrogen-bond donors (Lipinski definition) is 0. The van der Waals surface area contributed by atoms with Crippen LogP contribution in [-0.4, -0.2) is 20.7 Å². The van der Waals surface area contributed by atoms with Gasteiger partial charge in [-0.25, -0.2) is 4.39 Å². The normalized spacial score (nSPS) is 11.7. The molecule has 6 aromatic rings. The van der Waals surface area contributed by atoms with E-state index < -0.39 is 0 Å². The van der Waals surface area contributed by atoms with Gasteiger partial charge in [-0.05, 0) is 51.8 Å². The van der Waals surface area contributed by atoms with E-state index in [9.17, 15) is 5.26 Å². The molecule has 0 unspecified atom stereocenters. The number of para-hydroxylation sites is 1. The van der Waals surface area contributed by atoms with Gasteiger partial charge in [-0.3, -0.25) is 4.98 Å². The van der Waals surface area contributed by atoms with E-state index in [-0.39, 0.29) is 11.2 Å². The van der Waals surface area contributed by atoms with Crippen molar-refractivity contribution >= 4 is 48.7 Å². The summed E-state index contributed by atoms with van der Waals surface area (Å²) in [5.74, 6) is -0.228. The summed E-state index contributed by atoms with van der Waals surface area (Å²) in [7, 11) is 3.64. The highest BCUT2D eigenvalue weighted by Gasteiger charge is 2.26. The molecular weight excluding hydrogens is 493 g/mol. The molecule has 0 N–H and O–H groups in total. The lowest BCUT2D eigenvalue weighted by Crippen LogP contribution is -2.34. The van der Waals surface area contributed by atoms with Gasteiger partial charge in [0.25, 0.3) is 0 Å². The molecule has 0 radical (unpaired) electrons. The van der Waals surface area contributed by atoms with Gasteiger partial charge >= 0.3 is 0 Å². The van der Waals surface area contributed by atoms with Crippen LogP contribution in [0.1, 0.15) is 31.9 Å². The maximum absolute atomic E-state index is 15.8. The van der Waals surface area contributed by atoms with Gasteiger partial charge in [0.15, 0.2) is 7.85 Å². The first-order valence-electron chi connectivity index (χ1n) is 13.4. The number of aromatic nitrogens is 1. The molecule has 4 aromatic carbocycles. The highest BCUT2D eigenvalue weighted by molar-refractivity contribution is 6.38. The van der Waals surface area contributed by atoms with Crippen LogP contribution in [0.5, 0.6) is 0 Å². The summed E-state index contributed by atoms with van der Waals surface area (Å²) in [6.07, 6.45) is 0. The van der Waals surface area contributed by atoms with Crippen molar-refractivity contribution in [1.29, 1.82) is 5.26 Å². The molecule has 6 heteroatoms. The van der Waals surface area contributed by atoms with Gasteiger partial charge in [0, 0.05) is 33.1 Å². The van der Waals surface area contributed by atoms with Gasteiger partial charge in [0.05, 0.1) is 17.3 Å². The number of rotatable bonds is 3. The number of furan rings is 1. The third-order valence-corrected chi connectivity index (χ3v) is 7.60. The van der Waals surface area contributed by atoms with Crippen LogP contribution in [0.25, 0.3) is 55.4 Å². The van der Waals surface area contributed by atoms with Crippen LogP contribution in [0.15, 0.2) is 89.3 Å². The third kappa shape index (κ3) is 4.10. The molecule has 0 atom stereocenters. The molecule has 0 spiro atoms. The largest absolute Gasteiger partial charge is 0.455 e.